The fourth-order valence-electron chi connectivity index (χ4n) is 4.05. The van der Waals surface area contributed by atoms with Crippen LogP contribution >= 0.6 is 0 Å². The number of piperidine rings is 1. The summed E-state index contributed by atoms with van der Waals surface area (Å²) in [4.78, 5) is 32.0. The third-order valence-corrected chi connectivity index (χ3v) is 5.70. The van der Waals surface area contributed by atoms with Crippen LogP contribution in [0.4, 0.5) is 0 Å². The van der Waals surface area contributed by atoms with E-state index in [4.69, 9.17) is 4.52 Å². The summed E-state index contributed by atoms with van der Waals surface area (Å²) in [6.07, 6.45) is 2.07. The Labute approximate surface area is 181 Å². The molecule has 1 aliphatic heterocycles. The number of hydrogen-bond donors (Lipinski definition) is 1. The van der Waals surface area contributed by atoms with Gasteiger partial charge in [-0.3, -0.25) is 9.59 Å². The highest BCUT2D eigenvalue weighted by Crippen LogP contribution is 2.27. The molecule has 1 N–H and O–H groups in total. The molecule has 2 amide bonds. The van der Waals surface area contributed by atoms with Crippen molar-refractivity contribution in [2.24, 2.45) is 5.92 Å². The number of nitrogens with one attached hydrogen (secondary N) is 1. The monoisotopic (exact) mass is 420 g/mol. The van der Waals surface area contributed by atoms with Gasteiger partial charge >= 0.3 is 0 Å². The highest BCUT2D eigenvalue weighted by atomic mass is 16.5. The van der Waals surface area contributed by atoms with Crippen LogP contribution < -0.4 is 5.32 Å². The maximum absolute atomic E-state index is 13.2. The average molecular weight is 421 g/mol. The smallest absolute Gasteiger partial charge is 0.259 e. The van der Waals surface area contributed by atoms with Gasteiger partial charge in [-0.2, -0.15) is 0 Å². The lowest BCUT2D eigenvalue weighted by Gasteiger charge is -2.33. The number of benzene rings is 1. The van der Waals surface area contributed by atoms with Gasteiger partial charge in [0, 0.05) is 31.1 Å². The van der Waals surface area contributed by atoms with Gasteiger partial charge in [0.25, 0.3) is 11.6 Å². The molecule has 0 aliphatic carbocycles. The van der Waals surface area contributed by atoms with Crippen LogP contribution in [0.1, 0.15) is 49.2 Å². The first kappa shape index (κ1) is 21.0. The molecule has 2 aromatic heterocycles. The van der Waals surface area contributed by atoms with Gasteiger partial charge in [0.1, 0.15) is 0 Å². The third-order valence-electron chi connectivity index (χ3n) is 5.70. The molecule has 1 aliphatic rings. The van der Waals surface area contributed by atoms with Crippen LogP contribution in [0.5, 0.6) is 0 Å². The number of fused-ring (bicyclic) bond motifs is 1. The van der Waals surface area contributed by atoms with Crippen molar-refractivity contribution in [2.45, 2.75) is 46.1 Å². The predicted octanol–water partition coefficient (Wildman–Crippen LogP) is 3.97. The average Bonchev–Trinajstić information content (AvgIpc) is 3.14. The molecular formula is C24H28N4O3. The quantitative estimate of drug-likeness (QED) is 0.675. The molecule has 162 valence electrons. The van der Waals surface area contributed by atoms with E-state index >= 15 is 0 Å². The predicted molar refractivity (Wildman–Crippen MR) is 119 cm³/mol. The van der Waals surface area contributed by atoms with Crippen LogP contribution in [0.2, 0.25) is 0 Å². The molecule has 3 heterocycles. The number of amides is 2. The molecule has 0 bridgehead atoms. The van der Waals surface area contributed by atoms with Crippen molar-refractivity contribution in [3.05, 3.63) is 47.7 Å². The lowest BCUT2D eigenvalue weighted by Crippen LogP contribution is -2.46. The Morgan fingerprint density at radius 1 is 1.19 bits per heavy atom. The lowest BCUT2D eigenvalue weighted by atomic mass is 10.0. The van der Waals surface area contributed by atoms with Crippen LogP contribution in [0.3, 0.4) is 0 Å². The molecule has 3 aromatic rings. The van der Waals surface area contributed by atoms with Crippen LogP contribution in [0, 0.1) is 12.8 Å². The van der Waals surface area contributed by atoms with E-state index < -0.39 is 0 Å². The van der Waals surface area contributed by atoms with E-state index in [9.17, 15) is 9.59 Å². The van der Waals surface area contributed by atoms with Crippen LogP contribution in [-0.2, 0) is 4.79 Å². The number of nitrogens with zero attached hydrogens (tertiary/aromatic N) is 3. The van der Waals surface area contributed by atoms with E-state index in [1.165, 1.54) is 0 Å². The summed E-state index contributed by atoms with van der Waals surface area (Å²) >= 11 is 0. The molecule has 1 fully saturated rings. The summed E-state index contributed by atoms with van der Waals surface area (Å²) in [6.45, 7) is 7.26. The van der Waals surface area contributed by atoms with Gasteiger partial charge in [0.2, 0.25) is 5.91 Å². The van der Waals surface area contributed by atoms with E-state index in [-0.39, 0.29) is 17.9 Å². The first-order valence-corrected chi connectivity index (χ1v) is 10.8. The molecule has 0 spiro atoms. The molecular weight excluding hydrogens is 392 g/mol. The number of rotatable bonds is 5. The molecule has 1 saturated heterocycles. The number of aryl methyl sites for hydroxylation is 1. The second-order valence-corrected chi connectivity index (χ2v) is 8.60. The highest BCUT2D eigenvalue weighted by Gasteiger charge is 2.26. The normalized spacial score (nSPS) is 14.9. The summed E-state index contributed by atoms with van der Waals surface area (Å²) in [6, 6.07) is 11.5. The standard InChI is InChI=1S/C24H28N4O3/c1-15(2)13-21(29)28-11-9-18(10-12-28)25-23(30)19-14-20(17-7-5-4-6-8-17)26-24-22(19)16(3)27-31-24/h4-8,14-15,18H,9-13H2,1-3H3,(H,25,30). The zero-order chi connectivity index (χ0) is 22.0. The lowest BCUT2D eigenvalue weighted by molar-refractivity contribution is -0.133. The zero-order valence-electron chi connectivity index (χ0n) is 18.2. The Balaban J connectivity index is 1.52. The van der Waals surface area contributed by atoms with E-state index in [0.717, 1.165) is 18.4 Å². The van der Waals surface area contributed by atoms with Gasteiger partial charge in [-0.25, -0.2) is 4.98 Å². The van der Waals surface area contributed by atoms with Gasteiger partial charge in [0.15, 0.2) is 0 Å². The van der Waals surface area contributed by atoms with Crippen molar-refractivity contribution >= 4 is 22.9 Å². The number of likely N-dealkylation sites (tertiary alicyclic amines) is 1. The maximum atomic E-state index is 13.2. The number of carbonyl (C=O) groups excluding carboxylic acids is 2. The van der Waals surface area contributed by atoms with Crippen molar-refractivity contribution in [1.29, 1.82) is 0 Å². The van der Waals surface area contributed by atoms with Crippen LogP contribution in [0.15, 0.2) is 40.9 Å². The van der Waals surface area contributed by atoms with E-state index in [2.05, 4.69) is 29.3 Å². The Morgan fingerprint density at radius 2 is 1.90 bits per heavy atom. The second kappa shape index (κ2) is 8.88. The van der Waals surface area contributed by atoms with Crippen molar-refractivity contribution in [3.8, 4) is 11.3 Å². The first-order chi connectivity index (χ1) is 14.9. The van der Waals surface area contributed by atoms with E-state index in [1.807, 2.05) is 42.2 Å². The molecule has 0 radical (unpaired) electrons. The largest absolute Gasteiger partial charge is 0.349 e. The molecule has 1 aromatic carbocycles. The number of hydrogen-bond acceptors (Lipinski definition) is 5. The molecule has 0 unspecified atom stereocenters. The summed E-state index contributed by atoms with van der Waals surface area (Å²) < 4.78 is 5.38. The first-order valence-electron chi connectivity index (χ1n) is 10.8. The van der Waals surface area contributed by atoms with E-state index in [0.29, 0.717) is 53.5 Å². The third kappa shape index (κ3) is 4.60. The van der Waals surface area contributed by atoms with Gasteiger partial charge < -0.3 is 14.7 Å². The van der Waals surface area contributed by atoms with Gasteiger partial charge in [-0.05, 0) is 31.7 Å². The fraction of sp³-hybridized carbons (Fsp3) is 0.417. The van der Waals surface area contributed by atoms with Crippen LogP contribution in [-0.4, -0.2) is 46.0 Å². The molecule has 0 atom stereocenters. The second-order valence-electron chi connectivity index (χ2n) is 8.60. The Hall–Kier alpha value is -3.22. The van der Waals surface area contributed by atoms with Crippen molar-refractivity contribution in [3.63, 3.8) is 0 Å². The number of pyridine rings is 1. The molecule has 4 rings (SSSR count). The van der Waals surface area contributed by atoms with Crippen molar-refractivity contribution in [1.82, 2.24) is 20.4 Å². The molecule has 31 heavy (non-hydrogen) atoms. The molecule has 7 nitrogen and oxygen atoms in total. The van der Waals surface area contributed by atoms with Crippen molar-refractivity contribution < 1.29 is 14.1 Å². The Bertz CT molecular complexity index is 1080. The van der Waals surface area contributed by atoms with E-state index in [1.54, 1.807) is 6.07 Å². The highest BCUT2D eigenvalue weighted by molar-refractivity contribution is 6.07. The summed E-state index contributed by atoms with van der Waals surface area (Å²) in [5, 5.41) is 7.80. The molecule has 0 saturated carbocycles. The topological polar surface area (TPSA) is 88.3 Å². The summed E-state index contributed by atoms with van der Waals surface area (Å²) in [5.74, 6) is 0.385. The minimum atomic E-state index is -0.164. The van der Waals surface area contributed by atoms with Gasteiger partial charge in [-0.1, -0.05) is 49.3 Å². The SMILES string of the molecule is Cc1noc2nc(-c3ccccc3)cc(C(=O)NC3CCN(C(=O)CC(C)C)CC3)c12. The summed E-state index contributed by atoms with van der Waals surface area (Å²) in [7, 11) is 0. The van der Waals surface area contributed by atoms with Crippen LogP contribution in [0.25, 0.3) is 22.4 Å². The minimum absolute atomic E-state index is 0.0270. The summed E-state index contributed by atoms with van der Waals surface area (Å²) in [5.41, 5.74) is 3.09. The zero-order valence-corrected chi connectivity index (χ0v) is 18.2. The fourth-order valence-corrected chi connectivity index (χ4v) is 4.05. The Kier molecular flexibility index (Phi) is 6.02. The number of aromatic nitrogens is 2. The van der Waals surface area contributed by atoms with Gasteiger partial charge in [-0.15, -0.1) is 0 Å². The minimum Gasteiger partial charge on any atom is -0.349 e. The van der Waals surface area contributed by atoms with Crippen molar-refractivity contribution in [2.75, 3.05) is 13.1 Å². The molecule has 7 heteroatoms. The number of carbonyl (C=O) groups is 2. The Morgan fingerprint density at radius 3 is 2.58 bits per heavy atom. The van der Waals surface area contributed by atoms with Gasteiger partial charge in [0.05, 0.1) is 22.3 Å². The maximum Gasteiger partial charge on any atom is 0.259 e.